The molecule has 3 aliphatic heterocycles. The Labute approximate surface area is 133 Å². The fourth-order valence-electron chi connectivity index (χ4n) is 4.32. The molecule has 5 nitrogen and oxygen atoms in total. The van der Waals surface area contributed by atoms with Crippen LogP contribution in [0.3, 0.4) is 0 Å². The first kappa shape index (κ1) is 15.8. The smallest absolute Gasteiger partial charge is 0.245 e. The molecule has 0 aliphatic carbocycles. The number of nitrogens with zero attached hydrogens (tertiary/aromatic N) is 2. The fraction of sp³-hybridized carbons (Fsp3) is 0.882. The maximum absolute atomic E-state index is 12.9. The topological polar surface area (TPSA) is 52.7 Å². The van der Waals surface area contributed by atoms with Gasteiger partial charge in [-0.05, 0) is 50.5 Å². The quantitative estimate of drug-likeness (QED) is 0.838. The molecule has 3 heterocycles. The number of piperidine rings is 2. The largest absolute Gasteiger partial charge is 0.341 e. The van der Waals surface area contributed by atoms with Crippen LogP contribution in [0.5, 0.6) is 0 Å². The van der Waals surface area contributed by atoms with Gasteiger partial charge in [0.15, 0.2) is 0 Å². The van der Waals surface area contributed by atoms with E-state index in [-0.39, 0.29) is 17.9 Å². The van der Waals surface area contributed by atoms with Gasteiger partial charge in [-0.2, -0.15) is 0 Å². The number of hydrogen-bond acceptors (Lipinski definition) is 3. The number of likely N-dealkylation sites (tertiary alicyclic amines) is 2. The Morgan fingerprint density at radius 3 is 2.55 bits per heavy atom. The van der Waals surface area contributed by atoms with Crippen LogP contribution in [0.1, 0.15) is 51.9 Å². The normalized spacial score (nSPS) is 28.1. The lowest BCUT2D eigenvalue weighted by atomic mass is 9.77. The lowest BCUT2D eigenvalue weighted by Gasteiger charge is -2.42. The van der Waals surface area contributed by atoms with Gasteiger partial charge in [0.1, 0.15) is 6.04 Å². The Kier molecular flexibility index (Phi) is 4.71. The zero-order valence-corrected chi connectivity index (χ0v) is 13.8. The summed E-state index contributed by atoms with van der Waals surface area (Å²) in [6, 6.07) is -0.197. The molecule has 3 rings (SSSR count). The second kappa shape index (κ2) is 6.57. The van der Waals surface area contributed by atoms with Crippen molar-refractivity contribution in [3.63, 3.8) is 0 Å². The molecule has 3 saturated heterocycles. The molecule has 0 aromatic rings. The van der Waals surface area contributed by atoms with E-state index in [0.717, 1.165) is 64.8 Å². The van der Waals surface area contributed by atoms with Crippen molar-refractivity contribution in [1.82, 2.24) is 15.1 Å². The Bertz CT molecular complexity index is 422. The lowest BCUT2D eigenvalue weighted by molar-refractivity contribution is -0.149. The Morgan fingerprint density at radius 2 is 1.91 bits per heavy atom. The summed E-state index contributed by atoms with van der Waals surface area (Å²) in [5, 5.41) is 3.46. The summed E-state index contributed by atoms with van der Waals surface area (Å²) in [5.41, 5.74) is 0.433. The van der Waals surface area contributed by atoms with Gasteiger partial charge in [-0.15, -0.1) is 0 Å². The molecule has 0 bridgehead atoms. The van der Waals surface area contributed by atoms with Gasteiger partial charge < -0.3 is 15.1 Å². The summed E-state index contributed by atoms with van der Waals surface area (Å²) >= 11 is 0. The van der Waals surface area contributed by atoms with Gasteiger partial charge in [-0.1, -0.05) is 6.92 Å². The van der Waals surface area contributed by atoms with E-state index in [1.54, 1.807) is 0 Å². The van der Waals surface area contributed by atoms with Crippen LogP contribution in [0, 0.1) is 5.41 Å². The molecule has 1 atom stereocenters. The van der Waals surface area contributed by atoms with Gasteiger partial charge in [-0.3, -0.25) is 9.59 Å². The summed E-state index contributed by atoms with van der Waals surface area (Å²) < 4.78 is 0. The van der Waals surface area contributed by atoms with Crippen molar-refractivity contribution in [3.05, 3.63) is 0 Å². The molecule has 1 N–H and O–H groups in total. The summed E-state index contributed by atoms with van der Waals surface area (Å²) in [7, 11) is 0. The third-order valence-electron chi connectivity index (χ3n) is 5.88. The van der Waals surface area contributed by atoms with E-state index in [0.29, 0.717) is 11.8 Å². The monoisotopic (exact) mass is 307 g/mol. The predicted molar refractivity (Wildman–Crippen MR) is 85.4 cm³/mol. The zero-order valence-electron chi connectivity index (χ0n) is 13.8. The number of amides is 2. The van der Waals surface area contributed by atoms with E-state index in [9.17, 15) is 9.59 Å². The van der Waals surface area contributed by atoms with Gasteiger partial charge >= 0.3 is 0 Å². The van der Waals surface area contributed by atoms with Gasteiger partial charge in [0.05, 0.1) is 0 Å². The van der Waals surface area contributed by atoms with Crippen molar-refractivity contribution in [1.29, 1.82) is 0 Å². The minimum Gasteiger partial charge on any atom is -0.341 e. The summed E-state index contributed by atoms with van der Waals surface area (Å²) in [5.74, 6) is 0.328. The first-order valence-corrected chi connectivity index (χ1v) is 8.94. The van der Waals surface area contributed by atoms with Crippen LogP contribution in [0.2, 0.25) is 0 Å². The van der Waals surface area contributed by atoms with Crippen LogP contribution in [-0.4, -0.2) is 60.4 Å². The Hall–Kier alpha value is -1.10. The van der Waals surface area contributed by atoms with E-state index in [2.05, 4.69) is 5.32 Å². The maximum Gasteiger partial charge on any atom is 0.245 e. The second-order valence-corrected chi connectivity index (χ2v) is 7.20. The number of carbonyl (C=O) groups is 2. The molecule has 1 spiro atoms. The molecule has 0 aromatic carbocycles. The molecular weight excluding hydrogens is 278 g/mol. The average Bonchev–Trinajstić information content (AvgIpc) is 3.02. The molecule has 5 heteroatoms. The molecule has 3 aliphatic rings. The van der Waals surface area contributed by atoms with Crippen LogP contribution < -0.4 is 5.32 Å². The minimum atomic E-state index is -0.197. The van der Waals surface area contributed by atoms with Crippen molar-refractivity contribution < 1.29 is 9.59 Å². The lowest BCUT2D eigenvalue weighted by Crippen LogP contribution is -2.55. The highest BCUT2D eigenvalue weighted by atomic mass is 16.2. The van der Waals surface area contributed by atoms with Gasteiger partial charge in [0.2, 0.25) is 11.8 Å². The Morgan fingerprint density at radius 1 is 1.14 bits per heavy atom. The van der Waals surface area contributed by atoms with E-state index >= 15 is 0 Å². The summed E-state index contributed by atoms with van der Waals surface area (Å²) in [6.45, 7) is 6.60. The van der Waals surface area contributed by atoms with Crippen molar-refractivity contribution in [2.24, 2.45) is 5.41 Å². The standard InChI is InChI=1S/C17H29N3O2/c1-2-15(21)20-10-4-3-5-14(20)16(22)19-11-7-17(8-12-19)6-9-18-13-17/h14,18H,2-13H2,1H3. The zero-order chi connectivity index (χ0) is 15.6. The first-order valence-electron chi connectivity index (χ1n) is 8.94. The van der Waals surface area contributed by atoms with Crippen LogP contribution in [0.4, 0.5) is 0 Å². The molecule has 0 saturated carbocycles. The van der Waals surface area contributed by atoms with E-state index in [1.165, 1.54) is 6.42 Å². The first-order chi connectivity index (χ1) is 10.7. The van der Waals surface area contributed by atoms with Gasteiger partial charge in [0.25, 0.3) is 0 Å². The summed E-state index contributed by atoms with van der Waals surface area (Å²) in [4.78, 5) is 28.9. The highest BCUT2D eigenvalue weighted by Crippen LogP contribution is 2.37. The molecular formula is C17H29N3O2. The molecule has 0 radical (unpaired) electrons. The van der Waals surface area contributed by atoms with E-state index in [4.69, 9.17) is 0 Å². The van der Waals surface area contributed by atoms with Crippen LogP contribution in [0.25, 0.3) is 0 Å². The number of rotatable bonds is 2. The SMILES string of the molecule is CCC(=O)N1CCCCC1C(=O)N1CCC2(CCNC2)CC1. The minimum absolute atomic E-state index is 0.131. The van der Waals surface area contributed by atoms with Crippen molar-refractivity contribution >= 4 is 11.8 Å². The Balaban J connectivity index is 1.61. The highest BCUT2D eigenvalue weighted by molar-refractivity contribution is 5.88. The van der Waals surface area contributed by atoms with Crippen molar-refractivity contribution in [2.75, 3.05) is 32.7 Å². The molecule has 22 heavy (non-hydrogen) atoms. The molecule has 0 aromatic heterocycles. The third kappa shape index (κ3) is 3.00. The predicted octanol–water partition coefficient (Wildman–Crippen LogP) is 1.38. The van der Waals surface area contributed by atoms with Crippen LogP contribution >= 0.6 is 0 Å². The molecule has 2 amide bonds. The van der Waals surface area contributed by atoms with Gasteiger partial charge in [-0.25, -0.2) is 0 Å². The maximum atomic E-state index is 12.9. The molecule has 1 unspecified atom stereocenters. The molecule has 3 fully saturated rings. The number of hydrogen-bond donors (Lipinski definition) is 1. The number of nitrogens with one attached hydrogen (secondary N) is 1. The molecule has 124 valence electrons. The third-order valence-corrected chi connectivity index (χ3v) is 5.88. The highest BCUT2D eigenvalue weighted by Gasteiger charge is 2.40. The van der Waals surface area contributed by atoms with Gasteiger partial charge in [0, 0.05) is 32.6 Å². The van der Waals surface area contributed by atoms with E-state index < -0.39 is 0 Å². The number of carbonyl (C=O) groups excluding carboxylic acids is 2. The van der Waals surface area contributed by atoms with E-state index in [1.807, 2.05) is 16.7 Å². The van der Waals surface area contributed by atoms with Crippen LogP contribution in [0.15, 0.2) is 0 Å². The average molecular weight is 307 g/mol. The second-order valence-electron chi connectivity index (χ2n) is 7.20. The fourth-order valence-corrected chi connectivity index (χ4v) is 4.32. The van der Waals surface area contributed by atoms with Crippen LogP contribution in [-0.2, 0) is 9.59 Å². The van der Waals surface area contributed by atoms with Crippen molar-refractivity contribution in [3.8, 4) is 0 Å². The van der Waals surface area contributed by atoms with Crippen molar-refractivity contribution in [2.45, 2.75) is 57.9 Å². The summed E-state index contributed by atoms with van der Waals surface area (Å²) in [6.07, 6.45) is 6.90.